The molecule has 0 aliphatic carbocycles. The average molecular weight is 375 g/mol. The number of terminal acetylenes is 2. The Kier molecular flexibility index (Phi) is 6.51. The molecule has 0 spiro atoms. The zero-order valence-corrected chi connectivity index (χ0v) is 18.2. The molecule has 0 saturated carbocycles. The maximum atomic E-state index is 5.85. The molecule has 27 heavy (non-hydrogen) atoms. The van der Waals surface area contributed by atoms with E-state index in [4.69, 9.17) is 12.8 Å². The van der Waals surface area contributed by atoms with E-state index in [1.54, 1.807) is 11.8 Å². The lowest BCUT2D eigenvalue weighted by Crippen LogP contribution is -2.11. The van der Waals surface area contributed by atoms with Crippen LogP contribution in [0.1, 0.15) is 74.3 Å². The molecule has 2 rings (SSSR count). The zero-order chi connectivity index (χ0) is 20.2. The largest absolute Gasteiger partial charge is 0.119 e. The molecule has 0 aliphatic heterocycles. The summed E-state index contributed by atoms with van der Waals surface area (Å²) in [6, 6.07) is 17.2. The molecule has 2 aromatic rings. The standard InChI is InChI=1S/C26H30S/c1-9-23(19-11-15-21(16-12-19)25(3,4)5)27-24(10-2)20-13-17-22(18-14-20)26(6,7)8/h1-2,11-18,23-24H,3-8H3. The molecule has 1 heteroatoms. The number of rotatable bonds is 4. The Hall–Kier alpha value is -2.09. The van der Waals surface area contributed by atoms with Crippen molar-refractivity contribution in [1.29, 1.82) is 0 Å². The van der Waals surface area contributed by atoms with Gasteiger partial charge >= 0.3 is 0 Å². The van der Waals surface area contributed by atoms with Crippen LogP contribution in [0.4, 0.5) is 0 Å². The summed E-state index contributed by atoms with van der Waals surface area (Å²) in [5.74, 6) is 5.83. The summed E-state index contributed by atoms with van der Waals surface area (Å²) in [6.07, 6.45) is 11.7. The normalized spacial score (nSPS) is 14.1. The fourth-order valence-corrected chi connectivity index (χ4v) is 3.94. The first-order chi connectivity index (χ1) is 12.6. The fourth-order valence-electron chi connectivity index (χ4n) is 2.88. The summed E-state index contributed by atoms with van der Waals surface area (Å²) >= 11 is 1.65. The van der Waals surface area contributed by atoms with E-state index in [0.29, 0.717) is 0 Å². The van der Waals surface area contributed by atoms with E-state index >= 15 is 0 Å². The molecule has 0 nitrogen and oxygen atoms in total. The van der Waals surface area contributed by atoms with Crippen molar-refractivity contribution in [3.63, 3.8) is 0 Å². The molecular formula is C26H30S. The lowest BCUT2D eigenvalue weighted by atomic mass is 9.86. The maximum Gasteiger partial charge on any atom is 0.0919 e. The Balaban J connectivity index is 2.21. The molecule has 2 aromatic carbocycles. The van der Waals surface area contributed by atoms with Crippen molar-refractivity contribution >= 4 is 11.8 Å². The SMILES string of the molecule is C#CC(SC(C#C)c1ccc(C(C)(C)C)cc1)c1ccc(C(C)(C)C)cc1. The molecule has 0 amide bonds. The zero-order valence-electron chi connectivity index (χ0n) is 17.3. The van der Waals surface area contributed by atoms with E-state index in [1.807, 2.05) is 0 Å². The topological polar surface area (TPSA) is 0 Å². The van der Waals surface area contributed by atoms with E-state index in [9.17, 15) is 0 Å². The highest BCUT2D eigenvalue weighted by Crippen LogP contribution is 2.40. The predicted molar refractivity (Wildman–Crippen MR) is 121 cm³/mol. The van der Waals surface area contributed by atoms with Gasteiger partial charge in [0.05, 0.1) is 10.5 Å². The average Bonchev–Trinajstić information content (AvgIpc) is 2.62. The van der Waals surface area contributed by atoms with E-state index < -0.39 is 0 Å². The second-order valence-corrected chi connectivity index (χ2v) is 10.2. The highest BCUT2D eigenvalue weighted by Gasteiger charge is 2.20. The summed E-state index contributed by atoms with van der Waals surface area (Å²) < 4.78 is 0. The number of hydrogen-bond donors (Lipinski definition) is 0. The first-order valence-electron chi connectivity index (χ1n) is 9.35. The van der Waals surface area contributed by atoms with Gasteiger partial charge in [0.25, 0.3) is 0 Å². The minimum atomic E-state index is -0.0673. The first-order valence-corrected chi connectivity index (χ1v) is 10.3. The van der Waals surface area contributed by atoms with Crippen LogP contribution in [0.3, 0.4) is 0 Å². The molecule has 0 N–H and O–H groups in total. The van der Waals surface area contributed by atoms with Crippen LogP contribution in [0.2, 0.25) is 0 Å². The lowest BCUT2D eigenvalue weighted by molar-refractivity contribution is 0.590. The first kappa shape index (κ1) is 21.2. The van der Waals surface area contributed by atoms with Crippen LogP contribution >= 0.6 is 11.8 Å². The Morgan fingerprint density at radius 3 is 1.15 bits per heavy atom. The molecule has 2 unspecified atom stereocenters. The van der Waals surface area contributed by atoms with Crippen LogP contribution in [-0.4, -0.2) is 0 Å². The molecule has 2 atom stereocenters. The van der Waals surface area contributed by atoms with E-state index in [2.05, 4.69) is 102 Å². The Bertz CT molecular complexity index is 755. The monoisotopic (exact) mass is 374 g/mol. The van der Waals surface area contributed by atoms with Crippen molar-refractivity contribution < 1.29 is 0 Å². The van der Waals surface area contributed by atoms with Gasteiger partial charge in [0.2, 0.25) is 0 Å². The van der Waals surface area contributed by atoms with Crippen molar-refractivity contribution in [2.45, 2.75) is 62.9 Å². The third-order valence-electron chi connectivity index (χ3n) is 4.73. The second kappa shape index (κ2) is 8.29. The van der Waals surface area contributed by atoms with Crippen molar-refractivity contribution in [3.05, 3.63) is 70.8 Å². The van der Waals surface area contributed by atoms with Gasteiger partial charge in [0, 0.05) is 0 Å². The van der Waals surface area contributed by atoms with Gasteiger partial charge in [-0.15, -0.1) is 24.6 Å². The van der Waals surface area contributed by atoms with E-state index in [1.165, 1.54) is 11.1 Å². The lowest BCUT2D eigenvalue weighted by Gasteiger charge is -2.22. The van der Waals surface area contributed by atoms with Crippen LogP contribution in [-0.2, 0) is 10.8 Å². The second-order valence-electron chi connectivity index (χ2n) is 8.97. The maximum absolute atomic E-state index is 5.85. The Morgan fingerprint density at radius 1 is 0.630 bits per heavy atom. The van der Waals surface area contributed by atoms with Crippen LogP contribution in [0.25, 0.3) is 0 Å². The Labute approximate surface area is 170 Å². The van der Waals surface area contributed by atoms with Crippen LogP contribution in [0.5, 0.6) is 0 Å². The minimum Gasteiger partial charge on any atom is -0.119 e. The molecule has 0 fully saturated rings. The molecule has 0 radical (unpaired) electrons. The van der Waals surface area contributed by atoms with Crippen molar-refractivity contribution in [1.82, 2.24) is 0 Å². The summed E-state index contributed by atoms with van der Waals surface area (Å²) in [5, 5.41) is -0.135. The van der Waals surface area contributed by atoms with Gasteiger partial charge in [0.1, 0.15) is 0 Å². The molecule has 0 bridgehead atoms. The van der Waals surface area contributed by atoms with Crippen molar-refractivity contribution in [3.8, 4) is 24.7 Å². The summed E-state index contributed by atoms with van der Waals surface area (Å²) in [4.78, 5) is 0. The quantitative estimate of drug-likeness (QED) is 0.516. The highest BCUT2D eigenvalue weighted by molar-refractivity contribution is 8.00. The van der Waals surface area contributed by atoms with E-state index in [-0.39, 0.29) is 21.3 Å². The third-order valence-corrected chi connectivity index (χ3v) is 6.09. The summed E-state index contributed by atoms with van der Waals surface area (Å²) in [7, 11) is 0. The molecule has 0 aromatic heterocycles. The molecular weight excluding hydrogens is 344 g/mol. The van der Waals surface area contributed by atoms with Crippen molar-refractivity contribution in [2.75, 3.05) is 0 Å². The van der Waals surface area contributed by atoms with Gasteiger partial charge in [-0.2, -0.15) is 0 Å². The summed E-state index contributed by atoms with van der Waals surface area (Å²) in [6.45, 7) is 13.3. The van der Waals surface area contributed by atoms with Crippen LogP contribution in [0, 0.1) is 24.7 Å². The van der Waals surface area contributed by atoms with E-state index in [0.717, 1.165) is 11.1 Å². The van der Waals surface area contributed by atoms with Gasteiger partial charge in [0.15, 0.2) is 0 Å². The molecule has 0 heterocycles. The predicted octanol–water partition coefficient (Wildman–Crippen LogP) is 7.06. The highest BCUT2D eigenvalue weighted by atomic mass is 32.2. The van der Waals surface area contributed by atoms with Gasteiger partial charge in [-0.3, -0.25) is 0 Å². The van der Waals surface area contributed by atoms with Gasteiger partial charge in [-0.25, -0.2) is 0 Å². The minimum absolute atomic E-state index is 0.0673. The van der Waals surface area contributed by atoms with Gasteiger partial charge < -0.3 is 0 Å². The third kappa shape index (κ3) is 5.45. The number of thioether (sulfide) groups is 1. The van der Waals surface area contributed by atoms with Crippen molar-refractivity contribution in [2.24, 2.45) is 0 Å². The number of benzene rings is 2. The smallest absolute Gasteiger partial charge is 0.0919 e. The van der Waals surface area contributed by atoms with Gasteiger partial charge in [-0.1, -0.05) is 102 Å². The Morgan fingerprint density at radius 2 is 0.926 bits per heavy atom. The summed E-state index contributed by atoms with van der Waals surface area (Å²) in [5.41, 5.74) is 5.13. The molecule has 140 valence electrons. The fraction of sp³-hybridized carbons (Fsp3) is 0.385. The number of hydrogen-bond acceptors (Lipinski definition) is 1. The molecule has 0 saturated heterocycles. The van der Waals surface area contributed by atoms with Gasteiger partial charge in [-0.05, 0) is 33.1 Å². The van der Waals surface area contributed by atoms with Crippen LogP contribution < -0.4 is 0 Å². The van der Waals surface area contributed by atoms with Crippen LogP contribution in [0.15, 0.2) is 48.5 Å². The molecule has 0 aliphatic rings.